The molecule has 1 atom stereocenters. The predicted molar refractivity (Wildman–Crippen MR) is 107 cm³/mol. The van der Waals surface area contributed by atoms with Crippen LogP contribution >= 0.6 is 0 Å². The van der Waals surface area contributed by atoms with Crippen LogP contribution in [0.25, 0.3) is 5.69 Å². The molecule has 1 aromatic heterocycles. The summed E-state index contributed by atoms with van der Waals surface area (Å²) < 4.78 is 6.83. The molecule has 1 aliphatic heterocycles. The van der Waals surface area contributed by atoms with Gasteiger partial charge in [-0.1, -0.05) is 30.3 Å². The second kappa shape index (κ2) is 7.23. The summed E-state index contributed by atoms with van der Waals surface area (Å²) in [6.07, 6.45) is 4.81. The number of methoxy groups -OCH3 is 1. The minimum absolute atomic E-state index is 0.459. The van der Waals surface area contributed by atoms with Crippen LogP contribution < -0.4 is 10.1 Å². The van der Waals surface area contributed by atoms with Gasteiger partial charge in [0.1, 0.15) is 11.3 Å². The second-order valence-electron chi connectivity index (χ2n) is 6.70. The first kappa shape index (κ1) is 18.4. The van der Waals surface area contributed by atoms with Gasteiger partial charge in [-0.25, -0.2) is 9.48 Å². The van der Waals surface area contributed by atoms with Crippen LogP contribution in [0.4, 0.5) is 4.79 Å². The summed E-state index contributed by atoms with van der Waals surface area (Å²) in [5.41, 5.74) is 1.00. The number of hydrazone groups is 1. The Labute approximate surface area is 167 Å². The van der Waals surface area contributed by atoms with E-state index in [4.69, 9.17) is 4.74 Å². The molecule has 8 heteroatoms. The summed E-state index contributed by atoms with van der Waals surface area (Å²) in [5.74, 6) is 0.207. The Morgan fingerprint density at radius 3 is 2.52 bits per heavy atom. The van der Waals surface area contributed by atoms with Gasteiger partial charge in [-0.05, 0) is 36.8 Å². The van der Waals surface area contributed by atoms with Gasteiger partial charge in [0.2, 0.25) is 0 Å². The van der Waals surface area contributed by atoms with Crippen molar-refractivity contribution in [3.8, 4) is 11.4 Å². The van der Waals surface area contributed by atoms with Crippen LogP contribution in [-0.4, -0.2) is 40.1 Å². The van der Waals surface area contributed by atoms with Gasteiger partial charge < -0.3 is 10.1 Å². The quantitative estimate of drug-likeness (QED) is 0.537. The zero-order valence-electron chi connectivity index (χ0n) is 15.9. The van der Waals surface area contributed by atoms with Crippen molar-refractivity contribution in [1.29, 1.82) is 0 Å². The number of amides is 3. The molecule has 0 bridgehead atoms. The van der Waals surface area contributed by atoms with E-state index < -0.39 is 17.5 Å². The molecule has 3 amide bonds. The molecular formula is C21H19N5O3. The maximum absolute atomic E-state index is 12.9. The van der Waals surface area contributed by atoms with Crippen molar-refractivity contribution >= 4 is 18.2 Å². The van der Waals surface area contributed by atoms with E-state index in [2.05, 4.69) is 15.5 Å². The monoisotopic (exact) mass is 389 g/mol. The number of hydrogen-bond donors (Lipinski definition) is 1. The van der Waals surface area contributed by atoms with Crippen molar-refractivity contribution in [1.82, 2.24) is 20.1 Å². The number of benzene rings is 2. The van der Waals surface area contributed by atoms with E-state index in [1.54, 1.807) is 55.4 Å². The molecule has 2 heterocycles. The molecule has 0 radical (unpaired) electrons. The summed E-state index contributed by atoms with van der Waals surface area (Å²) in [4.78, 5) is 25.3. The first-order chi connectivity index (χ1) is 14.0. The fraction of sp³-hybridized carbons (Fsp3) is 0.143. The molecule has 1 aliphatic rings. The number of hydrogen-bond acceptors (Lipinski definition) is 5. The molecule has 146 valence electrons. The Hall–Kier alpha value is -3.94. The third-order valence-corrected chi connectivity index (χ3v) is 4.78. The van der Waals surface area contributed by atoms with Crippen molar-refractivity contribution in [2.75, 3.05) is 7.11 Å². The zero-order valence-corrected chi connectivity index (χ0v) is 15.9. The number of ether oxygens (including phenoxy) is 1. The Balaban J connectivity index is 1.54. The Bertz CT molecular complexity index is 1080. The summed E-state index contributed by atoms with van der Waals surface area (Å²) in [5, 5.41) is 11.9. The minimum atomic E-state index is -1.20. The molecule has 3 aromatic rings. The van der Waals surface area contributed by atoms with Crippen LogP contribution in [0.15, 0.2) is 72.1 Å². The standard InChI is InChI=1S/C21H19N5O3/c1-21(16-8-10-18(29-2)11-9-16)19(27)26(20(28)24-21)23-13-15-12-22-25(14-15)17-6-4-3-5-7-17/h3-14H,1-2H3,(H,24,28)/b23-13-/t21-/m1/s1. The number of aromatic nitrogens is 2. The van der Waals surface area contributed by atoms with Crippen molar-refractivity contribution < 1.29 is 14.3 Å². The fourth-order valence-electron chi connectivity index (χ4n) is 3.10. The molecule has 0 aliphatic carbocycles. The van der Waals surface area contributed by atoms with Gasteiger partial charge in [0.05, 0.1) is 25.2 Å². The average Bonchev–Trinajstić information content (AvgIpc) is 3.31. The Morgan fingerprint density at radius 2 is 1.83 bits per heavy atom. The maximum Gasteiger partial charge on any atom is 0.346 e. The molecule has 29 heavy (non-hydrogen) atoms. The SMILES string of the molecule is COc1ccc([C@@]2(C)NC(=O)N(/N=C\c3cnn(-c4ccccc4)c3)C2=O)cc1. The van der Waals surface area contributed by atoms with Gasteiger partial charge in [0.25, 0.3) is 5.91 Å². The van der Waals surface area contributed by atoms with E-state index >= 15 is 0 Å². The topological polar surface area (TPSA) is 88.8 Å². The number of urea groups is 1. The molecule has 0 saturated carbocycles. The summed E-state index contributed by atoms with van der Waals surface area (Å²) in [7, 11) is 1.57. The van der Waals surface area contributed by atoms with Crippen LogP contribution in [0, 0.1) is 0 Å². The highest BCUT2D eigenvalue weighted by atomic mass is 16.5. The molecule has 1 fully saturated rings. The third kappa shape index (κ3) is 3.36. The van der Waals surface area contributed by atoms with Crippen molar-refractivity contribution in [2.45, 2.75) is 12.5 Å². The molecule has 1 saturated heterocycles. The van der Waals surface area contributed by atoms with Crippen LogP contribution in [0.2, 0.25) is 0 Å². The molecule has 1 N–H and O–H groups in total. The highest BCUT2D eigenvalue weighted by Gasteiger charge is 2.49. The van der Waals surface area contributed by atoms with Crippen LogP contribution in [0.5, 0.6) is 5.75 Å². The third-order valence-electron chi connectivity index (χ3n) is 4.78. The predicted octanol–water partition coefficient (Wildman–Crippen LogP) is 2.68. The van der Waals surface area contributed by atoms with Crippen molar-refractivity contribution in [3.05, 3.63) is 78.1 Å². The number of nitrogens with zero attached hydrogens (tertiary/aromatic N) is 4. The molecule has 8 nitrogen and oxygen atoms in total. The van der Waals surface area contributed by atoms with Gasteiger partial charge >= 0.3 is 6.03 Å². The average molecular weight is 389 g/mol. The first-order valence-corrected chi connectivity index (χ1v) is 8.96. The lowest BCUT2D eigenvalue weighted by atomic mass is 9.92. The van der Waals surface area contributed by atoms with E-state index in [1.807, 2.05) is 30.3 Å². The highest BCUT2D eigenvalue weighted by Crippen LogP contribution is 2.30. The number of imide groups is 1. The highest BCUT2D eigenvalue weighted by molar-refractivity contribution is 6.07. The maximum atomic E-state index is 12.9. The Kier molecular flexibility index (Phi) is 4.59. The minimum Gasteiger partial charge on any atom is -0.497 e. The molecule has 0 spiro atoms. The Morgan fingerprint density at radius 1 is 1.10 bits per heavy atom. The number of carbonyl (C=O) groups is 2. The lowest BCUT2D eigenvalue weighted by Crippen LogP contribution is -2.40. The molecule has 2 aromatic carbocycles. The molecular weight excluding hydrogens is 370 g/mol. The molecule has 0 unspecified atom stereocenters. The zero-order chi connectivity index (χ0) is 20.4. The lowest BCUT2D eigenvalue weighted by Gasteiger charge is -2.21. The summed E-state index contributed by atoms with van der Waals surface area (Å²) in [6, 6.07) is 16.0. The number of carbonyl (C=O) groups excluding carboxylic acids is 2. The lowest BCUT2D eigenvalue weighted by molar-refractivity contribution is -0.131. The van der Waals surface area contributed by atoms with Crippen LogP contribution in [-0.2, 0) is 10.3 Å². The first-order valence-electron chi connectivity index (χ1n) is 8.96. The van der Waals surface area contributed by atoms with E-state index in [1.165, 1.54) is 6.21 Å². The summed E-state index contributed by atoms with van der Waals surface area (Å²) >= 11 is 0. The number of para-hydroxylation sites is 1. The second-order valence-corrected chi connectivity index (χ2v) is 6.70. The van der Waals surface area contributed by atoms with Crippen molar-refractivity contribution in [2.24, 2.45) is 5.10 Å². The number of rotatable bonds is 5. The van der Waals surface area contributed by atoms with Gasteiger partial charge in [-0.15, -0.1) is 5.01 Å². The number of nitrogens with one attached hydrogen (secondary N) is 1. The smallest absolute Gasteiger partial charge is 0.346 e. The van der Waals surface area contributed by atoms with E-state index in [9.17, 15) is 9.59 Å². The van der Waals surface area contributed by atoms with Crippen molar-refractivity contribution in [3.63, 3.8) is 0 Å². The van der Waals surface area contributed by atoms with E-state index in [-0.39, 0.29) is 0 Å². The van der Waals surface area contributed by atoms with Gasteiger partial charge in [0.15, 0.2) is 0 Å². The van der Waals surface area contributed by atoms with E-state index in [0.717, 1.165) is 10.7 Å². The summed E-state index contributed by atoms with van der Waals surface area (Å²) in [6.45, 7) is 1.65. The van der Waals surface area contributed by atoms with Gasteiger partial charge in [0, 0.05) is 11.8 Å². The van der Waals surface area contributed by atoms with E-state index in [0.29, 0.717) is 16.9 Å². The normalized spacial score (nSPS) is 19.0. The van der Waals surface area contributed by atoms with Gasteiger partial charge in [-0.3, -0.25) is 4.79 Å². The largest absolute Gasteiger partial charge is 0.497 e. The van der Waals surface area contributed by atoms with Crippen LogP contribution in [0.3, 0.4) is 0 Å². The molecule has 4 rings (SSSR count). The van der Waals surface area contributed by atoms with Crippen LogP contribution in [0.1, 0.15) is 18.1 Å². The van der Waals surface area contributed by atoms with Gasteiger partial charge in [-0.2, -0.15) is 10.2 Å². The fourth-order valence-corrected chi connectivity index (χ4v) is 3.10.